The lowest BCUT2D eigenvalue weighted by Gasteiger charge is -2.23. The van der Waals surface area contributed by atoms with Gasteiger partial charge in [-0.05, 0) is 49.4 Å². The maximum absolute atomic E-state index is 13.2. The first-order valence-electron chi connectivity index (χ1n) is 13.0. The van der Waals surface area contributed by atoms with E-state index in [1.807, 2.05) is 56.3 Å². The molecule has 2 aliphatic heterocycles. The molecule has 0 spiro atoms. The SMILES string of the molecule is Cc1cccc(C(CO)NC(=O)CN2Cc3ccc(-c4nc(NC5CCOCC5)ncc4C)cc3C2=O)c1. The Balaban J connectivity index is 1.28. The highest BCUT2D eigenvalue weighted by Crippen LogP contribution is 2.30. The Labute approximate surface area is 222 Å². The fourth-order valence-corrected chi connectivity index (χ4v) is 5.00. The number of aliphatic hydroxyl groups is 1. The second-order valence-electron chi connectivity index (χ2n) is 10.0. The van der Waals surface area contributed by atoms with Crippen molar-refractivity contribution in [2.24, 2.45) is 0 Å². The second kappa shape index (κ2) is 11.3. The lowest BCUT2D eigenvalue weighted by Crippen LogP contribution is -2.40. The minimum absolute atomic E-state index is 0.0864. The van der Waals surface area contributed by atoms with E-state index in [0.717, 1.165) is 59.6 Å². The Kier molecular flexibility index (Phi) is 7.67. The zero-order valence-corrected chi connectivity index (χ0v) is 21.7. The lowest BCUT2D eigenvalue weighted by atomic mass is 10.0. The molecule has 1 unspecified atom stereocenters. The van der Waals surface area contributed by atoms with E-state index in [2.05, 4.69) is 15.6 Å². The number of carbonyl (C=O) groups is 2. The van der Waals surface area contributed by atoms with Gasteiger partial charge in [-0.15, -0.1) is 0 Å². The average molecular weight is 516 g/mol. The van der Waals surface area contributed by atoms with Crippen molar-refractivity contribution in [2.45, 2.75) is 45.3 Å². The van der Waals surface area contributed by atoms with E-state index >= 15 is 0 Å². The van der Waals surface area contributed by atoms with Gasteiger partial charge in [0.2, 0.25) is 11.9 Å². The molecule has 3 aromatic rings. The summed E-state index contributed by atoms with van der Waals surface area (Å²) < 4.78 is 5.43. The highest BCUT2D eigenvalue weighted by atomic mass is 16.5. The van der Waals surface area contributed by atoms with Gasteiger partial charge in [-0.2, -0.15) is 0 Å². The number of aliphatic hydroxyl groups excluding tert-OH is 1. The molecule has 9 nitrogen and oxygen atoms in total. The molecule has 3 heterocycles. The van der Waals surface area contributed by atoms with Crippen LogP contribution in [0, 0.1) is 13.8 Å². The highest BCUT2D eigenvalue weighted by molar-refractivity contribution is 6.01. The Morgan fingerprint density at radius 2 is 2.00 bits per heavy atom. The smallest absolute Gasteiger partial charge is 0.254 e. The van der Waals surface area contributed by atoms with Crippen LogP contribution in [-0.2, 0) is 16.1 Å². The van der Waals surface area contributed by atoms with Crippen molar-refractivity contribution in [1.29, 1.82) is 0 Å². The predicted octanol–water partition coefficient (Wildman–Crippen LogP) is 3.16. The van der Waals surface area contributed by atoms with Crippen LogP contribution in [0.3, 0.4) is 0 Å². The standard InChI is InChI=1S/C29H33N5O4/c1-18-4-3-5-20(12-18)25(17-35)32-26(36)16-34-15-22-7-6-21(13-24(22)28(34)37)27-19(2)14-30-29(33-27)31-23-8-10-38-11-9-23/h3-7,12-14,23,25,35H,8-11,15-17H2,1-2H3,(H,32,36)(H,30,31,33). The summed E-state index contributed by atoms with van der Waals surface area (Å²) in [5.41, 5.74) is 5.83. The van der Waals surface area contributed by atoms with Gasteiger partial charge in [0.15, 0.2) is 0 Å². The average Bonchev–Trinajstić information content (AvgIpc) is 3.23. The Morgan fingerprint density at radius 3 is 2.76 bits per heavy atom. The zero-order chi connectivity index (χ0) is 26.6. The van der Waals surface area contributed by atoms with Gasteiger partial charge in [0.1, 0.15) is 6.54 Å². The molecule has 2 aliphatic rings. The van der Waals surface area contributed by atoms with Crippen molar-refractivity contribution < 1.29 is 19.4 Å². The molecule has 3 N–H and O–H groups in total. The van der Waals surface area contributed by atoms with E-state index in [0.29, 0.717) is 18.1 Å². The van der Waals surface area contributed by atoms with Gasteiger partial charge in [0, 0.05) is 43.1 Å². The number of anilines is 1. The molecule has 0 radical (unpaired) electrons. The molecule has 1 saturated heterocycles. The van der Waals surface area contributed by atoms with Crippen molar-refractivity contribution in [3.63, 3.8) is 0 Å². The number of fused-ring (bicyclic) bond motifs is 1. The van der Waals surface area contributed by atoms with Crippen molar-refractivity contribution in [2.75, 3.05) is 31.7 Å². The molecule has 0 bridgehead atoms. The van der Waals surface area contributed by atoms with Crippen LogP contribution in [0.1, 0.15) is 51.5 Å². The van der Waals surface area contributed by atoms with Gasteiger partial charge in [-0.25, -0.2) is 9.97 Å². The first-order valence-corrected chi connectivity index (χ1v) is 13.0. The topological polar surface area (TPSA) is 117 Å². The van der Waals surface area contributed by atoms with E-state index in [4.69, 9.17) is 9.72 Å². The van der Waals surface area contributed by atoms with Gasteiger partial charge in [-0.1, -0.05) is 42.0 Å². The maximum Gasteiger partial charge on any atom is 0.254 e. The molecule has 38 heavy (non-hydrogen) atoms. The third-order valence-corrected chi connectivity index (χ3v) is 7.09. The molecule has 0 aliphatic carbocycles. The Morgan fingerprint density at radius 1 is 1.18 bits per heavy atom. The summed E-state index contributed by atoms with van der Waals surface area (Å²) in [6.07, 6.45) is 3.61. The second-order valence-corrected chi connectivity index (χ2v) is 10.0. The van der Waals surface area contributed by atoms with Crippen LogP contribution in [0.15, 0.2) is 48.7 Å². The summed E-state index contributed by atoms with van der Waals surface area (Å²) >= 11 is 0. The van der Waals surface area contributed by atoms with Gasteiger partial charge >= 0.3 is 0 Å². The van der Waals surface area contributed by atoms with E-state index in [1.54, 1.807) is 6.20 Å². The van der Waals surface area contributed by atoms with Crippen LogP contribution < -0.4 is 10.6 Å². The molecule has 2 aromatic carbocycles. The fourth-order valence-electron chi connectivity index (χ4n) is 5.00. The summed E-state index contributed by atoms with van der Waals surface area (Å²) in [6, 6.07) is 13.1. The number of amides is 2. The highest BCUT2D eigenvalue weighted by Gasteiger charge is 2.30. The number of benzene rings is 2. The van der Waals surface area contributed by atoms with Crippen molar-refractivity contribution in [3.8, 4) is 11.3 Å². The van der Waals surface area contributed by atoms with Gasteiger partial charge in [0.05, 0.1) is 18.3 Å². The molecular weight excluding hydrogens is 482 g/mol. The van der Waals surface area contributed by atoms with E-state index in [9.17, 15) is 14.7 Å². The maximum atomic E-state index is 13.2. The van der Waals surface area contributed by atoms with Crippen molar-refractivity contribution >= 4 is 17.8 Å². The predicted molar refractivity (Wildman–Crippen MR) is 144 cm³/mol. The number of hydrogen-bond acceptors (Lipinski definition) is 7. The molecule has 2 amide bonds. The Hall–Kier alpha value is -3.82. The largest absolute Gasteiger partial charge is 0.394 e. The summed E-state index contributed by atoms with van der Waals surface area (Å²) in [7, 11) is 0. The minimum atomic E-state index is -0.529. The van der Waals surface area contributed by atoms with Crippen LogP contribution in [0.25, 0.3) is 11.3 Å². The van der Waals surface area contributed by atoms with Crippen LogP contribution in [-0.4, -0.2) is 64.2 Å². The van der Waals surface area contributed by atoms with Crippen molar-refractivity contribution in [1.82, 2.24) is 20.2 Å². The van der Waals surface area contributed by atoms with E-state index in [1.165, 1.54) is 4.90 Å². The number of hydrogen-bond donors (Lipinski definition) is 3. The number of nitrogens with one attached hydrogen (secondary N) is 2. The summed E-state index contributed by atoms with van der Waals surface area (Å²) in [6.45, 7) is 5.41. The summed E-state index contributed by atoms with van der Waals surface area (Å²) in [4.78, 5) is 36.8. The molecule has 1 atom stereocenters. The third-order valence-electron chi connectivity index (χ3n) is 7.09. The first kappa shape index (κ1) is 25.8. The lowest BCUT2D eigenvalue weighted by molar-refractivity contribution is -0.122. The number of rotatable bonds is 8. The first-order chi connectivity index (χ1) is 18.4. The molecule has 0 saturated carbocycles. The van der Waals surface area contributed by atoms with Crippen molar-refractivity contribution in [3.05, 3.63) is 76.5 Å². The van der Waals surface area contributed by atoms with Gasteiger partial charge in [-0.3, -0.25) is 9.59 Å². The minimum Gasteiger partial charge on any atom is -0.394 e. The zero-order valence-electron chi connectivity index (χ0n) is 21.7. The third kappa shape index (κ3) is 5.69. The Bertz CT molecular complexity index is 1340. The number of aromatic nitrogens is 2. The normalized spacial score (nSPS) is 16.3. The van der Waals surface area contributed by atoms with Gasteiger partial charge in [0.25, 0.3) is 5.91 Å². The summed E-state index contributed by atoms with van der Waals surface area (Å²) in [5, 5.41) is 16.1. The summed E-state index contributed by atoms with van der Waals surface area (Å²) in [5.74, 6) is 0.0532. The van der Waals surface area contributed by atoms with Crippen LogP contribution >= 0.6 is 0 Å². The molecular formula is C29H33N5O4. The molecule has 198 valence electrons. The monoisotopic (exact) mass is 515 g/mol. The molecule has 9 heteroatoms. The van der Waals surface area contributed by atoms with E-state index in [-0.39, 0.29) is 31.0 Å². The number of ether oxygens (including phenoxy) is 1. The molecule has 1 fully saturated rings. The van der Waals surface area contributed by atoms with Crippen LogP contribution in [0.2, 0.25) is 0 Å². The number of carbonyl (C=O) groups excluding carboxylic acids is 2. The quantitative estimate of drug-likeness (QED) is 0.422. The van der Waals surface area contributed by atoms with Gasteiger partial charge < -0.3 is 25.4 Å². The van der Waals surface area contributed by atoms with Crippen LogP contribution in [0.5, 0.6) is 0 Å². The van der Waals surface area contributed by atoms with E-state index < -0.39 is 6.04 Å². The fraction of sp³-hybridized carbons (Fsp3) is 0.379. The molecule has 5 rings (SSSR count). The van der Waals surface area contributed by atoms with Crippen LogP contribution in [0.4, 0.5) is 5.95 Å². The number of aryl methyl sites for hydroxylation is 2. The number of nitrogens with zero attached hydrogens (tertiary/aromatic N) is 3. The molecule has 1 aromatic heterocycles.